The van der Waals surface area contributed by atoms with Gasteiger partial charge in [0.05, 0.1) is 0 Å². The van der Waals surface area contributed by atoms with Gasteiger partial charge in [-0.25, -0.2) is 4.79 Å². The van der Waals surface area contributed by atoms with Gasteiger partial charge in [0.15, 0.2) is 6.04 Å². The summed E-state index contributed by atoms with van der Waals surface area (Å²) in [5, 5.41) is 8.44. The molecule has 0 spiro atoms. The molecular formula is C11H9Cl2NO4. The van der Waals surface area contributed by atoms with Gasteiger partial charge in [-0.05, 0) is 23.7 Å². The van der Waals surface area contributed by atoms with Crippen LogP contribution in [0.3, 0.4) is 0 Å². The Morgan fingerprint density at radius 3 is 2.17 bits per heavy atom. The Morgan fingerprint density at radius 1 is 1.17 bits per heavy atom. The zero-order chi connectivity index (χ0) is 13.7. The fraction of sp³-hybridized carbons (Fsp3) is 0.182. The fourth-order valence-electron chi connectivity index (χ4n) is 1.21. The van der Waals surface area contributed by atoms with Crippen LogP contribution in [0.15, 0.2) is 30.3 Å². The predicted molar refractivity (Wildman–Crippen MR) is 65.8 cm³/mol. The molecule has 2 atom stereocenters. The Labute approximate surface area is 113 Å². The van der Waals surface area contributed by atoms with Crippen molar-refractivity contribution in [2.75, 3.05) is 0 Å². The van der Waals surface area contributed by atoms with E-state index in [1.807, 2.05) is 0 Å². The summed E-state index contributed by atoms with van der Waals surface area (Å²) >= 11 is 10.6. The van der Waals surface area contributed by atoms with Crippen LogP contribution in [0.2, 0.25) is 0 Å². The second kappa shape index (κ2) is 6.37. The van der Waals surface area contributed by atoms with E-state index in [1.54, 1.807) is 18.2 Å². The molecule has 0 aromatic heterocycles. The molecule has 1 aromatic carbocycles. The third kappa shape index (κ3) is 3.72. The number of benzene rings is 1. The SMILES string of the molecule is O=C(NC(C(=O)O)C(Cl)C(=O)Cl)c1ccccc1. The minimum Gasteiger partial charge on any atom is -0.480 e. The van der Waals surface area contributed by atoms with Gasteiger partial charge in [0.1, 0.15) is 5.38 Å². The normalized spacial score (nSPS) is 13.4. The van der Waals surface area contributed by atoms with Crippen molar-refractivity contribution in [3.05, 3.63) is 35.9 Å². The minimum absolute atomic E-state index is 0.259. The quantitative estimate of drug-likeness (QED) is 0.631. The molecular weight excluding hydrogens is 281 g/mol. The molecule has 7 heteroatoms. The summed E-state index contributed by atoms with van der Waals surface area (Å²) in [7, 11) is 0. The lowest BCUT2D eigenvalue weighted by atomic mass is 10.1. The maximum absolute atomic E-state index is 11.7. The summed E-state index contributed by atoms with van der Waals surface area (Å²) < 4.78 is 0. The Bertz CT molecular complexity index is 463. The fourth-order valence-corrected chi connectivity index (χ4v) is 1.50. The summed E-state index contributed by atoms with van der Waals surface area (Å²) in [6.45, 7) is 0. The smallest absolute Gasteiger partial charge is 0.328 e. The van der Waals surface area contributed by atoms with Crippen LogP contribution in [0, 0.1) is 0 Å². The van der Waals surface area contributed by atoms with E-state index in [-0.39, 0.29) is 5.56 Å². The predicted octanol–water partition coefficient (Wildman–Crippen LogP) is 1.24. The van der Waals surface area contributed by atoms with Crippen molar-refractivity contribution in [1.82, 2.24) is 5.32 Å². The maximum atomic E-state index is 11.7. The second-order valence-electron chi connectivity index (χ2n) is 3.36. The third-order valence-electron chi connectivity index (χ3n) is 2.10. The first-order chi connectivity index (χ1) is 8.43. The minimum atomic E-state index is -1.58. The number of hydrogen-bond donors (Lipinski definition) is 2. The number of carboxylic acid groups (broad SMARTS) is 1. The van der Waals surface area contributed by atoms with Gasteiger partial charge in [-0.3, -0.25) is 9.59 Å². The standard InChI is InChI=1S/C11H9Cl2NO4/c12-7(9(13)15)8(11(17)18)14-10(16)6-4-2-1-3-5-6/h1-5,7-8H,(H,14,16)(H,17,18). The molecule has 0 radical (unpaired) electrons. The number of halogens is 2. The van der Waals surface area contributed by atoms with Gasteiger partial charge in [-0.2, -0.15) is 0 Å². The average molecular weight is 290 g/mol. The van der Waals surface area contributed by atoms with Crippen molar-refractivity contribution in [2.24, 2.45) is 0 Å². The van der Waals surface area contributed by atoms with Gasteiger partial charge in [-0.15, -0.1) is 11.6 Å². The molecule has 96 valence electrons. The van der Waals surface area contributed by atoms with Gasteiger partial charge in [0, 0.05) is 5.56 Å². The number of rotatable bonds is 5. The van der Waals surface area contributed by atoms with Crippen molar-refractivity contribution in [1.29, 1.82) is 0 Å². The summed E-state index contributed by atoms with van der Waals surface area (Å²) in [6, 6.07) is 6.37. The maximum Gasteiger partial charge on any atom is 0.328 e. The number of carbonyl (C=O) groups excluding carboxylic acids is 2. The van der Waals surface area contributed by atoms with Crippen LogP contribution >= 0.6 is 23.2 Å². The molecule has 0 aliphatic heterocycles. The highest BCUT2D eigenvalue weighted by Crippen LogP contribution is 2.09. The van der Waals surface area contributed by atoms with E-state index in [0.29, 0.717) is 0 Å². The van der Waals surface area contributed by atoms with Gasteiger partial charge < -0.3 is 10.4 Å². The summed E-state index contributed by atoms with van der Waals surface area (Å²) in [5.41, 5.74) is 0.259. The molecule has 1 rings (SSSR count). The summed E-state index contributed by atoms with van der Waals surface area (Å²) in [5.74, 6) is -2.08. The van der Waals surface area contributed by atoms with E-state index in [4.69, 9.17) is 28.3 Å². The average Bonchev–Trinajstić information content (AvgIpc) is 2.35. The Hall–Kier alpha value is -1.59. The number of carbonyl (C=O) groups is 3. The van der Waals surface area contributed by atoms with E-state index in [9.17, 15) is 14.4 Å². The van der Waals surface area contributed by atoms with Crippen LogP contribution < -0.4 is 5.32 Å². The van der Waals surface area contributed by atoms with Crippen LogP contribution in [0.4, 0.5) is 0 Å². The van der Waals surface area contributed by atoms with E-state index in [0.717, 1.165) is 0 Å². The summed E-state index contributed by atoms with van der Waals surface area (Å²) in [4.78, 5) is 33.4. The van der Waals surface area contributed by atoms with Crippen LogP contribution in [0.5, 0.6) is 0 Å². The zero-order valence-corrected chi connectivity index (χ0v) is 10.5. The largest absolute Gasteiger partial charge is 0.480 e. The first-order valence-electron chi connectivity index (χ1n) is 4.85. The molecule has 0 bridgehead atoms. The lowest BCUT2D eigenvalue weighted by Gasteiger charge is -2.16. The second-order valence-corrected chi connectivity index (χ2v) is 4.20. The molecule has 2 N–H and O–H groups in total. The Balaban J connectivity index is 2.83. The van der Waals surface area contributed by atoms with Crippen LogP contribution in [-0.2, 0) is 9.59 Å². The summed E-state index contributed by atoms with van der Waals surface area (Å²) in [6.07, 6.45) is 0. The van der Waals surface area contributed by atoms with Gasteiger partial charge in [0.25, 0.3) is 5.91 Å². The molecule has 0 fully saturated rings. The van der Waals surface area contributed by atoms with Crippen LogP contribution in [0.1, 0.15) is 10.4 Å². The Kier molecular flexibility index (Phi) is 5.12. The van der Waals surface area contributed by atoms with Crippen molar-refractivity contribution in [3.63, 3.8) is 0 Å². The number of nitrogens with one attached hydrogen (secondary N) is 1. The highest BCUT2D eigenvalue weighted by Gasteiger charge is 2.32. The van der Waals surface area contributed by atoms with E-state index in [2.05, 4.69) is 5.32 Å². The number of carboxylic acids is 1. The molecule has 0 heterocycles. The number of alkyl halides is 1. The van der Waals surface area contributed by atoms with Crippen molar-refractivity contribution in [3.8, 4) is 0 Å². The lowest BCUT2D eigenvalue weighted by Crippen LogP contribution is -2.48. The zero-order valence-electron chi connectivity index (χ0n) is 8.97. The molecule has 0 aliphatic rings. The molecule has 0 saturated heterocycles. The van der Waals surface area contributed by atoms with Crippen molar-refractivity contribution < 1.29 is 19.5 Å². The molecule has 2 unspecified atom stereocenters. The number of hydrogen-bond acceptors (Lipinski definition) is 3. The number of aliphatic carboxylic acids is 1. The lowest BCUT2D eigenvalue weighted by molar-refractivity contribution is -0.140. The highest BCUT2D eigenvalue weighted by molar-refractivity contribution is 6.69. The monoisotopic (exact) mass is 289 g/mol. The highest BCUT2D eigenvalue weighted by atomic mass is 35.5. The number of amides is 1. The van der Waals surface area contributed by atoms with E-state index < -0.39 is 28.5 Å². The van der Waals surface area contributed by atoms with Gasteiger partial charge in [0.2, 0.25) is 5.24 Å². The van der Waals surface area contributed by atoms with Crippen LogP contribution in [-0.4, -0.2) is 33.6 Å². The van der Waals surface area contributed by atoms with E-state index in [1.165, 1.54) is 12.1 Å². The van der Waals surface area contributed by atoms with Crippen LogP contribution in [0.25, 0.3) is 0 Å². The third-order valence-corrected chi connectivity index (χ3v) is 2.90. The van der Waals surface area contributed by atoms with Crippen molar-refractivity contribution in [2.45, 2.75) is 11.4 Å². The molecule has 5 nitrogen and oxygen atoms in total. The van der Waals surface area contributed by atoms with Gasteiger partial charge in [-0.1, -0.05) is 18.2 Å². The molecule has 0 aliphatic carbocycles. The topological polar surface area (TPSA) is 83.5 Å². The molecule has 1 amide bonds. The first kappa shape index (κ1) is 14.5. The van der Waals surface area contributed by atoms with E-state index >= 15 is 0 Å². The Morgan fingerprint density at radius 2 is 1.72 bits per heavy atom. The first-order valence-corrected chi connectivity index (χ1v) is 5.67. The van der Waals surface area contributed by atoms with Gasteiger partial charge >= 0.3 is 5.97 Å². The van der Waals surface area contributed by atoms with Crippen molar-refractivity contribution >= 4 is 40.3 Å². The molecule has 18 heavy (non-hydrogen) atoms. The molecule has 0 saturated carbocycles. The molecule has 1 aromatic rings.